The van der Waals surface area contributed by atoms with Gasteiger partial charge in [0.05, 0.1) is 27.7 Å². The summed E-state index contributed by atoms with van der Waals surface area (Å²) in [5.41, 5.74) is 8.19. The van der Waals surface area contributed by atoms with E-state index in [9.17, 15) is 22.8 Å². The lowest BCUT2D eigenvalue weighted by Gasteiger charge is -2.13. The molecule has 8 aromatic rings. The average molecular weight is 783 g/mol. The van der Waals surface area contributed by atoms with E-state index < -0.39 is 10.0 Å². The number of hydrogen-bond donors (Lipinski definition) is 4. The molecule has 1 amide bonds. The minimum Gasteiger partial charge on any atom is -0.352 e. The van der Waals surface area contributed by atoms with Crippen LogP contribution in [0.25, 0.3) is 33.8 Å². The Morgan fingerprint density at radius 2 is 1.09 bits per heavy atom. The third kappa shape index (κ3) is 8.07. The molecule has 0 radical (unpaired) electrons. The van der Waals surface area contributed by atoms with Crippen LogP contribution in [0.15, 0.2) is 149 Å². The Morgan fingerprint density at radius 3 is 1.51 bits per heavy atom. The Morgan fingerprint density at radius 1 is 0.632 bits per heavy atom. The quantitative estimate of drug-likeness (QED) is 0.140. The number of aromatic nitrogens is 6. The van der Waals surface area contributed by atoms with Crippen molar-refractivity contribution in [1.82, 2.24) is 37.9 Å². The van der Waals surface area contributed by atoms with Crippen LogP contribution >= 0.6 is 0 Å². The fourth-order valence-electron chi connectivity index (χ4n) is 6.09. The Kier molecular flexibility index (Phi) is 10.5. The van der Waals surface area contributed by atoms with E-state index in [-0.39, 0.29) is 21.9 Å². The van der Waals surface area contributed by atoms with Crippen LogP contribution in [0.4, 0.5) is 22.7 Å². The number of imidazole rings is 2. The third-order valence-electron chi connectivity index (χ3n) is 8.97. The first-order valence-corrected chi connectivity index (χ1v) is 19.0. The standard InChI is InChI=1S/C21H19N5O2.C20H19N5O3S/c1-25(2)21(28)14-3-5-16(6-4-14)24-17-7-8-18(26-12-11-23-20(17)26)15-9-10-22-19(27)13-15;1-24(2)29(27,28)16-5-3-15(4-6-16)23-17-7-8-18(25-12-11-22-20(17)25)14-9-10-21-19(26)13-14/h3-13,24H,1-2H3,(H,22,27);3-13,23H,1-2H3,(H,21,26). The number of aromatic amines is 2. The van der Waals surface area contributed by atoms with E-state index in [2.05, 4.69) is 30.6 Å². The molecule has 0 spiro atoms. The summed E-state index contributed by atoms with van der Waals surface area (Å²) in [7, 11) is 2.98. The van der Waals surface area contributed by atoms with Gasteiger partial charge in [0.15, 0.2) is 11.3 Å². The number of fused-ring (bicyclic) bond motifs is 2. The number of amides is 1. The van der Waals surface area contributed by atoms with Crippen LogP contribution in [0.2, 0.25) is 0 Å². The molecular formula is C41H38N10O5S. The highest BCUT2D eigenvalue weighted by molar-refractivity contribution is 7.89. The molecule has 4 N–H and O–H groups in total. The zero-order chi connectivity index (χ0) is 40.3. The summed E-state index contributed by atoms with van der Waals surface area (Å²) in [4.78, 5) is 51.2. The molecule has 0 aliphatic rings. The molecule has 0 aliphatic carbocycles. The van der Waals surface area contributed by atoms with Crippen molar-refractivity contribution in [3.8, 4) is 22.5 Å². The maximum absolute atomic E-state index is 12.2. The summed E-state index contributed by atoms with van der Waals surface area (Å²) >= 11 is 0. The SMILES string of the molecule is CN(C)C(=O)c1ccc(Nc2ccc(-c3cc[nH]c(=O)c3)n3ccnc23)cc1.CN(C)S(=O)(=O)c1ccc(Nc2ccc(-c3cc[nH]c(=O)c3)n3ccnc23)cc1. The minimum atomic E-state index is -3.47. The molecule has 288 valence electrons. The first-order valence-electron chi connectivity index (χ1n) is 17.6. The zero-order valence-corrected chi connectivity index (χ0v) is 32.2. The number of rotatable bonds is 9. The molecule has 0 bridgehead atoms. The van der Waals surface area contributed by atoms with Crippen molar-refractivity contribution >= 4 is 50.0 Å². The lowest BCUT2D eigenvalue weighted by molar-refractivity contribution is 0.0827. The van der Waals surface area contributed by atoms with Gasteiger partial charge in [-0.15, -0.1) is 0 Å². The molecule has 0 aliphatic heterocycles. The third-order valence-corrected chi connectivity index (χ3v) is 10.8. The molecule has 0 atom stereocenters. The first kappa shape index (κ1) is 38.0. The van der Waals surface area contributed by atoms with E-state index in [0.717, 1.165) is 50.9 Å². The molecule has 57 heavy (non-hydrogen) atoms. The molecule has 0 unspecified atom stereocenters. The van der Waals surface area contributed by atoms with Gasteiger partial charge in [-0.25, -0.2) is 22.7 Å². The highest BCUT2D eigenvalue weighted by Gasteiger charge is 2.17. The Labute approximate surface area is 327 Å². The molecule has 0 saturated carbocycles. The maximum atomic E-state index is 12.2. The van der Waals surface area contributed by atoms with E-state index >= 15 is 0 Å². The minimum absolute atomic E-state index is 0.0376. The molecule has 2 aromatic carbocycles. The van der Waals surface area contributed by atoms with Gasteiger partial charge < -0.3 is 25.5 Å². The van der Waals surface area contributed by atoms with Crippen molar-refractivity contribution in [2.24, 2.45) is 0 Å². The van der Waals surface area contributed by atoms with Crippen LogP contribution < -0.4 is 21.8 Å². The molecule has 8 rings (SSSR count). The summed E-state index contributed by atoms with van der Waals surface area (Å²) in [5, 5.41) is 6.61. The molecule has 6 heterocycles. The van der Waals surface area contributed by atoms with Crippen LogP contribution in [0, 0.1) is 0 Å². The zero-order valence-electron chi connectivity index (χ0n) is 31.3. The van der Waals surface area contributed by atoms with Crippen molar-refractivity contribution in [3.63, 3.8) is 0 Å². The van der Waals surface area contributed by atoms with Crippen molar-refractivity contribution in [3.05, 3.63) is 161 Å². The summed E-state index contributed by atoms with van der Waals surface area (Å²) in [5.74, 6) is -0.0376. The van der Waals surface area contributed by atoms with Gasteiger partial charge >= 0.3 is 0 Å². The van der Waals surface area contributed by atoms with E-state index in [1.807, 2.05) is 69.7 Å². The number of carbonyl (C=O) groups is 1. The Hall–Kier alpha value is -7.30. The topological polar surface area (TPSA) is 182 Å². The van der Waals surface area contributed by atoms with Crippen molar-refractivity contribution in [2.45, 2.75) is 4.90 Å². The average Bonchev–Trinajstić information content (AvgIpc) is 3.91. The fraction of sp³-hybridized carbons (Fsp3) is 0.0976. The Balaban J connectivity index is 0.000000174. The Bertz CT molecular complexity index is 2950. The highest BCUT2D eigenvalue weighted by Crippen LogP contribution is 2.29. The van der Waals surface area contributed by atoms with Crippen LogP contribution in [0.3, 0.4) is 0 Å². The summed E-state index contributed by atoms with van der Waals surface area (Å²) in [6, 6.07) is 28.3. The lowest BCUT2D eigenvalue weighted by atomic mass is 10.1. The maximum Gasteiger partial charge on any atom is 0.253 e. The van der Waals surface area contributed by atoms with Gasteiger partial charge in [0.1, 0.15) is 0 Å². The van der Waals surface area contributed by atoms with Crippen molar-refractivity contribution in [1.29, 1.82) is 0 Å². The summed E-state index contributed by atoms with van der Waals surface area (Å²) in [6.07, 6.45) is 10.3. The lowest BCUT2D eigenvalue weighted by Crippen LogP contribution is -2.22. The number of carbonyl (C=O) groups excluding carboxylic acids is 1. The molecular weight excluding hydrogens is 745 g/mol. The molecule has 0 fully saturated rings. The summed E-state index contributed by atoms with van der Waals surface area (Å²) in [6.45, 7) is 0. The molecule has 16 heteroatoms. The normalized spacial score (nSPS) is 11.3. The molecule has 6 aromatic heterocycles. The first-order chi connectivity index (χ1) is 27.4. The highest BCUT2D eigenvalue weighted by atomic mass is 32.2. The number of hydrogen-bond acceptors (Lipinski definition) is 9. The van der Waals surface area contributed by atoms with Gasteiger partial charge in [-0.1, -0.05) is 0 Å². The van der Waals surface area contributed by atoms with Crippen molar-refractivity contribution < 1.29 is 13.2 Å². The predicted octanol–water partition coefficient (Wildman–Crippen LogP) is 5.82. The molecule has 15 nitrogen and oxygen atoms in total. The second kappa shape index (κ2) is 15.8. The second-order valence-corrected chi connectivity index (χ2v) is 15.4. The van der Waals surface area contributed by atoms with Crippen molar-refractivity contribution in [2.75, 3.05) is 38.8 Å². The van der Waals surface area contributed by atoms with E-state index in [1.54, 1.807) is 86.2 Å². The van der Waals surface area contributed by atoms with Crippen LogP contribution in [0.1, 0.15) is 10.4 Å². The van der Waals surface area contributed by atoms with E-state index in [0.29, 0.717) is 11.2 Å². The molecule has 0 saturated heterocycles. The van der Waals surface area contributed by atoms with Gasteiger partial charge in [0.25, 0.3) is 5.91 Å². The summed E-state index contributed by atoms with van der Waals surface area (Å²) < 4.78 is 29.4. The largest absolute Gasteiger partial charge is 0.352 e. The predicted molar refractivity (Wildman–Crippen MR) is 221 cm³/mol. The van der Waals surface area contributed by atoms with Crippen LogP contribution in [0.5, 0.6) is 0 Å². The van der Waals surface area contributed by atoms with Gasteiger partial charge in [0.2, 0.25) is 21.1 Å². The van der Waals surface area contributed by atoms with Gasteiger partial charge in [-0.2, -0.15) is 0 Å². The van der Waals surface area contributed by atoms with Gasteiger partial charge in [-0.3, -0.25) is 23.2 Å². The van der Waals surface area contributed by atoms with Gasteiger partial charge in [-0.05, 0) is 84.9 Å². The van der Waals surface area contributed by atoms with E-state index in [4.69, 9.17) is 0 Å². The fourth-order valence-corrected chi connectivity index (χ4v) is 6.99. The van der Waals surface area contributed by atoms with E-state index in [1.165, 1.54) is 24.5 Å². The number of nitrogens with zero attached hydrogens (tertiary/aromatic N) is 6. The number of pyridine rings is 4. The number of sulfonamides is 1. The van der Waals surface area contributed by atoms with Crippen LogP contribution in [-0.2, 0) is 10.0 Å². The number of nitrogens with one attached hydrogen (secondary N) is 4. The number of benzene rings is 2. The second-order valence-electron chi connectivity index (χ2n) is 13.2. The van der Waals surface area contributed by atoms with Gasteiger partial charge in [0, 0.05) is 106 Å². The monoisotopic (exact) mass is 782 g/mol. The number of H-pyrrole nitrogens is 2. The smallest absolute Gasteiger partial charge is 0.253 e. The van der Waals surface area contributed by atoms with Crippen LogP contribution in [-0.4, -0.2) is 80.5 Å². The number of anilines is 4.